The minimum absolute atomic E-state index is 0.0535. The molecule has 0 aliphatic carbocycles. The Labute approximate surface area is 170 Å². The van der Waals surface area contributed by atoms with Crippen molar-refractivity contribution in [3.8, 4) is 16.9 Å². The second-order valence-corrected chi connectivity index (χ2v) is 8.05. The maximum atomic E-state index is 6.43. The van der Waals surface area contributed by atoms with Gasteiger partial charge in [0.05, 0.1) is 11.3 Å². The van der Waals surface area contributed by atoms with Gasteiger partial charge in [-0.15, -0.1) is 0 Å². The number of methoxy groups -OCH3 is 1. The van der Waals surface area contributed by atoms with Crippen molar-refractivity contribution >= 4 is 11.9 Å². The summed E-state index contributed by atoms with van der Waals surface area (Å²) in [5.74, 6) is 2.08. The first-order valence-corrected chi connectivity index (χ1v) is 10.0. The molecular formula is C22H26N4O3. The number of hydrogen-bond donors (Lipinski definition) is 0. The molecule has 29 heavy (non-hydrogen) atoms. The van der Waals surface area contributed by atoms with Crippen LogP contribution in [0.2, 0.25) is 0 Å². The lowest BCUT2D eigenvalue weighted by molar-refractivity contribution is -0.0182. The smallest absolute Gasteiger partial charge is 0.154 e. The number of aliphatic imine (C=N–C) groups is 1. The van der Waals surface area contributed by atoms with Crippen molar-refractivity contribution in [2.75, 3.05) is 32.3 Å². The van der Waals surface area contributed by atoms with Crippen LogP contribution in [0.15, 0.2) is 33.3 Å². The number of aryl methyl sites for hydroxylation is 2. The Morgan fingerprint density at radius 2 is 2.07 bits per heavy atom. The van der Waals surface area contributed by atoms with Crippen LogP contribution in [0.4, 0.5) is 5.69 Å². The van der Waals surface area contributed by atoms with Crippen molar-refractivity contribution in [2.24, 2.45) is 10.9 Å². The zero-order chi connectivity index (χ0) is 20.3. The number of benzene rings is 1. The third-order valence-corrected chi connectivity index (χ3v) is 6.04. The molecule has 4 heterocycles. The lowest BCUT2D eigenvalue weighted by atomic mass is 9.95. The van der Waals surface area contributed by atoms with Crippen LogP contribution in [-0.4, -0.2) is 49.7 Å². The fourth-order valence-corrected chi connectivity index (χ4v) is 4.78. The topological polar surface area (TPSA) is 63.3 Å². The molecule has 1 aromatic heterocycles. The van der Waals surface area contributed by atoms with Crippen LogP contribution in [0, 0.1) is 19.8 Å². The number of anilines is 1. The lowest BCUT2D eigenvalue weighted by Crippen LogP contribution is -2.51. The van der Waals surface area contributed by atoms with E-state index in [1.54, 1.807) is 7.11 Å². The van der Waals surface area contributed by atoms with Gasteiger partial charge < -0.3 is 14.0 Å². The summed E-state index contributed by atoms with van der Waals surface area (Å²) in [7, 11) is 3.81. The highest BCUT2D eigenvalue weighted by Crippen LogP contribution is 2.53. The van der Waals surface area contributed by atoms with Crippen molar-refractivity contribution in [2.45, 2.75) is 33.0 Å². The maximum Gasteiger partial charge on any atom is 0.154 e. The Morgan fingerprint density at radius 3 is 2.76 bits per heavy atom. The first-order valence-electron chi connectivity index (χ1n) is 10.0. The van der Waals surface area contributed by atoms with Gasteiger partial charge in [-0.1, -0.05) is 24.2 Å². The summed E-state index contributed by atoms with van der Waals surface area (Å²) in [5.41, 5.74) is 6.21. The first kappa shape index (κ1) is 18.4. The molecule has 0 amide bonds. The molecule has 3 atom stereocenters. The van der Waals surface area contributed by atoms with E-state index in [4.69, 9.17) is 14.0 Å². The summed E-state index contributed by atoms with van der Waals surface area (Å²) in [6.45, 7) is 7.47. The van der Waals surface area contributed by atoms with Gasteiger partial charge in [-0.05, 0) is 31.4 Å². The summed E-state index contributed by atoms with van der Waals surface area (Å²) in [6, 6.07) is 4.27. The van der Waals surface area contributed by atoms with Gasteiger partial charge in [0.1, 0.15) is 24.1 Å². The molecular weight excluding hydrogens is 368 g/mol. The van der Waals surface area contributed by atoms with E-state index in [0.29, 0.717) is 12.5 Å². The third kappa shape index (κ3) is 2.64. The highest BCUT2D eigenvalue weighted by Gasteiger charge is 2.45. The molecule has 1 aromatic carbocycles. The first-order chi connectivity index (χ1) is 14.0. The van der Waals surface area contributed by atoms with Crippen molar-refractivity contribution in [3.63, 3.8) is 0 Å². The van der Waals surface area contributed by atoms with Crippen LogP contribution in [0.1, 0.15) is 30.2 Å². The van der Waals surface area contributed by atoms with E-state index < -0.39 is 0 Å². The van der Waals surface area contributed by atoms with E-state index in [1.165, 1.54) is 5.57 Å². The van der Waals surface area contributed by atoms with Crippen molar-refractivity contribution < 1.29 is 14.0 Å². The van der Waals surface area contributed by atoms with Gasteiger partial charge in [-0.2, -0.15) is 5.01 Å². The molecule has 0 fully saturated rings. The van der Waals surface area contributed by atoms with E-state index in [9.17, 15) is 0 Å². The Kier molecular flexibility index (Phi) is 4.26. The highest BCUT2D eigenvalue weighted by atomic mass is 16.5. The minimum Gasteiger partial charge on any atom is -0.488 e. The Hall–Kier alpha value is -2.64. The van der Waals surface area contributed by atoms with Crippen LogP contribution in [0.25, 0.3) is 11.1 Å². The number of aromatic nitrogens is 1. The molecule has 3 aliphatic rings. The molecule has 3 unspecified atom stereocenters. The number of nitrogens with zero attached hydrogens (tertiary/aromatic N) is 4. The van der Waals surface area contributed by atoms with Gasteiger partial charge in [0, 0.05) is 38.0 Å². The summed E-state index contributed by atoms with van der Waals surface area (Å²) < 4.78 is 17.7. The van der Waals surface area contributed by atoms with Crippen molar-refractivity contribution in [1.82, 2.24) is 10.2 Å². The monoisotopic (exact) mass is 394 g/mol. The molecule has 152 valence electrons. The van der Waals surface area contributed by atoms with Crippen LogP contribution >= 0.6 is 0 Å². The van der Waals surface area contributed by atoms with Crippen LogP contribution in [0.3, 0.4) is 0 Å². The van der Waals surface area contributed by atoms with Crippen LogP contribution < -0.4 is 9.75 Å². The third-order valence-electron chi connectivity index (χ3n) is 6.04. The lowest BCUT2D eigenvalue weighted by Gasteiger charge is -2.41. The second kappa shape index (κ2) is 6.71. The van der Waals surface area contributed by atoms with Gasteiger partial charge in [-0.25, -0.2) is 0 Å². The molecule has 0 saturated heterocycles. The number of hydrogen-bond acceptors (Lipinski definition) is 7. The second-order valence-electron chi connectivity index (χ2n) is 8.05. The molecule has 3 aliphatic heterocycles. The molecule has 0 bridgehead atoms. The van der Waals surface area contributed by atoms with E-state index >= 15 is 0 Å². The number of hydrazine groups is 1. The Balaban J connectivity index is 1.68. The van der Waals surface area contributed by atoms with E-state index in [1.807, 2.05) is 20.1 Å². The average Bonchev–Trinajstić information content (AvgIpc) is 3.20. The van der Waals surface area contributed by atoms with Gasteiger partial charge in [0.25, 0.3) is 0 Å². The quantitative estimate of drug-likeness (QED) is 0.791. The molecule has 0 N–H and O–H groups in total. The fraction of sp³-hybridized carbons (Fsp3) is 0.455. The van der Waals surface area contributed by atoms with Gasteiger partial charge in [-0.3, -0.25) is 10.0 Å². The van der Waals surface area contributed by atoms with Crippen molar-refractivity contribution in [3.05, 3.63) is 40.8 Å². The summed E-state index contributed by atoms with van der Waals surface area (Å²) in [6.07, 6.45) is 4.13. The molecule has 7 heteroatoms. The van der Waals surface area contributed by atoms with E-state index in [-0.39, 0.29) is 12.3 Å². The number of dihydropyridines is 1. The van der Waals surface area contributed by atoms with Gasteiger partial charge >= 0.3 is 0 Å². The predicted octanol–water partition coefficient (Wildman–Crippen LogP) is 3.68. The maximum absolute atomic E-state index is 6.43. The Morgan fingerprint density at radius 1 is 1.24 bits per heavy atom. The Bertz CT molecular complexity index is 1010. The summed E-state index contributed by atoms with van der Waals surface area (Å²) in [5, 5.41) is 8.60. The van der Waals surface area contributed by atoms with E-state index in [2.05, 4.69) is 52.3 Å². The zero-order valence-corrected chi connectivity index (χ0v) is 17.5. The standard InChI is InChI=1S/C22H26N4O3/c1-12-8-15(10-23-9-12)18-11-28-21-16(19-13(2)24-29-14(19)3)6-7-17-20(21)26(18)25(4)22(17)27-5/h6-8,10,12,18,22H,9,11H2,1-5H3. The average molecular weight is 394 g/mol. The molecule has 2 aromatic rings. The number of ether oxygens (including phenoxy) is 2. The molecule has 7 nitrogen and oxygen atoms in total. The van der Waals surface area contributed by atoms with E-state index in [0.717, 1.165) is 46.1 Å². The largest absolute Gasteiger partial charge is 0.488 e. The summed E-state index contributed by atoms with van der Waals surface area (Å²) in [4.78, 5) is 4.56. The fourth-order valence-electron chi connectivity index (χ4n) is 4.78. The van der Waals surface area contributed by atoms with Crippen molar-refractivity contribution in [1.29, 1.82) is 0 Å². The normalized spacial score (nSPS) is 25.8. The molecule has 0 radical (unpaired) electrons. The number of rotatable bonds is 3. The molecule has 5 rings (SSSR count). The van der Waals surface area contributed by atoms with Crippen LogP contribution in [-0.2, 0) is 4.74 Å². The van der Waals surface area contributed by atoms with Crippen LogP contribution in [0.5, 0.6) is 5.75 Å². The molecule has 0 saturated carbocycles. The zero-order valence-electron chi connectivity index (χ0n) is 17.5. The highest BCUT2D eigenvalue weighted by molar-refractivity contribution is 5.87. The molecule has 0 spiro atoms. The van der Waals surface area contributed by atoms with Gasteiger partial charge in [0.15, 0.2) is 12.0 Å². The minimum atomic E-state index is -0.162. The predicted molar refractivity (Wildman–Crippen MR) is 111 cm³/mol. The van der Waals surface area contributed by atoms with Gasteiger partial charge in [0.2, 0.25) is 0 Å². The summed E-state index contributed by atoms with van der Waals surface area (Å²) >= 11 is 0. The SMILES string of the molecule is COC1c2ccc(-c3c(C)noc3C)c3c2N(C(C2=CC(C)CN=C2)CO3)N1C.